The van der Waals surface area contributed by atoms with Crippen molar-refractivity contribution in [2.75, 3.05) is 38.2 Å². The molecule has 0 aromatic heterocycles. The number of aryl methyl sites for hydroxylation is 1. The maximum Gasteiger partial charge on any atom is 0.224 e. The summed E-state index contributed by atoms with van der Waals surface area (Å²) in [5.41, 5.74) is 3.62. The Morgan fingerprint density at radius 3 is 2.61 bits per heavy atom. The molecule has 0 aliphatic carbocycles. The summed E-state index contributed by atoms with van der Waals surface area (Å²) < 4.78 is 11.4. The van der Waals surface area contributed by atoms with Gasteiger partial charge in [0.1, 0.15) is 0 Å². The van der Waals surface area contributed by atoms with Crippen LogP contribution in [0.1, 0.15) is 30.4 Å². The van der Waals surface area contributed by atoms with E-state index in [9.17, 15) is 4.79 Å². The summed E-state index contributed by atoms with van der Waals surface area (Å²) in [5, 5.41) is 3.38. The van der Waals surface area contributed by atoms with Gasteiger partial charge in [-0.15, -0.1) is 0 Å². The molecule has 0 saturated carbocycles. The highest BCUT2D eigenvalue weighted by Gasteiger charge is 2.40. The second-order valence-corrected chi connectivity index (χ2v) is 6.41. The Labute approximate surface area is 137 Å². The van der Waals surface area contributed by atoms with E-state index >= 15 is 0 Å². The minimum absolute atomic E-state index is 0.204. The zero-order chi connectivity index (χ0) is 16.3. The van der Waals surface area contributed by atoms with Gasteiger partial charge in [0.25, 0.3) is 0 Å². The molecule has 0 unspecified atom stereocenters. The van der Waals surface area contributed by atoms with Crippen molar-refractivity contribution in [1.82, 2.24) is 4.90 Å². The predicted octanol–water partition coefficient (Wildman–Crippen LogP) is 2.47. The molecule has 0 atom stereocenters. The van der Waals surface area contributed by atoms with E-state index in [0.717, 1.165) is 31.6 Å². The summed E-state index contributed by atoms with van der Waals surface area (Å²) in [5.74, 6) is -0.205. The molecule has 1 N–H and O–H groups in total. The fraction of sp³-hybridized carbons (Fsp3) is 0.611. The summed E-state index contributed by atoms with van der Waals surface area (Å²) in [4.78, 5) is 14.3. The fourth-order valence-electron chi connectivity index (χ4n) is 3.29. The number of anilines is 1. The molecule has 1 aromatic rings. The van der Waals surface area contributed by atoms with E-state index in [4.69, 9.17) is 9.47 Å². The van der Waals surface area contributed by atoms with Crippen LogP contribution in [0.3, 0.4) is 0 Å². The number of amides is 1. The van der Waals surface area contributed by atoms with E-state index in [1.54, 1.807) is 0 Å². The molecule has 2 heterocycles. The van der Waals surface area contributed by atoms with Crippen LogP contribution in [0, 0.1) is 13.8 Å². The molecule has 0 radical (unpaired) electrons. The van der Waals surface area contributed by atoms with E-state index in [1.807, 2.05) is 11.0 Å². The molecular weight excluding hydrogens is 292 g/mol. The SMILES string of the molecule is Cc1cccc(NCCC(=O)N2CCC3(CC2)OCCO3)c1C. The van der Waals surface area contributed by atoms with Gasteiger partial charge in [0.2, 0.25) is 5.91 Å². The maximum absolute atomic E-state index is 12.3. The predicted molar refractivity (Wildman–Crippen MR) is 89.5 cm³/mol. The Morgan fingerprint density at radius 2 is 1.91 bits per heavy atom. The number of hydrogen-bond donors (Lipinski definition) is 1. The zero-order valence-electron chi connectivity index (χ0n) is 14.1. The number of carbonyl (C=O) groups excluding carboxylic acids is 1. The molecule has 23 heavy (non-hydrogen) atoms. The first-order valence-electron chi connectivity index (χ1n) is 8.45. The van der Waals surface area contributed by atoms with Gasteiger partial charge in [-0.2, -0.15) is 0 Å². The highest BCUT2D eigenvalue weighted by molar-refractivity contribution is 5.77. The number of rotatable bonds is 4. The Bertz CT molecular complexity index is 557. The smallest absolute Gasteiger partial charge is 0.224 e. The monoisotopic (exact) mass is 318 g/mol. The third kappa shape index (κ3) is 3.67. The molecule has 0 bridgehead atoms. The third-order valence-electron chi connectivity index (χ3n) is 4.95. The lowest BCUT2D eigenvalue weighted by molar-refractivity contribution is -0.187. The van der Waals surface area contributed by atoms with E-state index in [0.29, 0.717) is 26.2 Å². The maximum atomic E-state index is 12.3. The molecule has 1 aromatic carbocycles. The van der Waals surface area contributed by atoms with Crippen molar-refractivity contribution in [1.29, 1.82) is 0 Å². The minimum atomic E-state index is -0.409. The number of ether oxygens (including phenoxy) is 2. The molecule has 3 rings (SSSR count). The summed E-state index contributed by atoms with van der Waals surface area (Å²) >= 11 is 0. The van der Waals surface area contributed by atoms with Crippen molar-refractivity contribution in [3.8, 4) is 0 Å². The fourth-order valence-corrected chi connectivity index (χ4v) is 3.29. The summed E-state index contributed by atoms with van der Waals surface area (Å²) in [6, 6.07) is 6.20. The second-order valence-electron chi connectivity index (χ2n) is 6.41. The van der Waals surface area contributed by atoms with Crippen LogP contribution in [-0.4, -0.2) is 49.4 Å². The molecule has 2 fully saturated rings. The number of likely N-dealkylation sites (tertiary alicyclic amines) is 1. The average Bonchev–Trinajstić information content (AvgIpc) is 3.00. The van der Waals surface area contributed by atoms with Crippen molar-refractivity contribution in [2.24, 2.45) is 0 Å². The first-order chi connectivity index (χ1) is 11.1. The van der Waals surface area contributed by atoms with Crippen LogP contribution in [0.4, 0.5) is 5.69 Å². The summed E-state index contributed by atoms with van der Waals surface area (Å²) in [7, 11) is 0. The van der Waals surface area contributed by atoms with Crippen molar-refractivity contribution < 1.29 is 14.3 Å². The summed E-state index contributed by atoms with van der Waals surface area (Å²) in [6.07, 6.45) is 2.08. The van der Waals surface area contributed by atoms with Gasteiger partial charge in [-0.1, -0.05) is 12.1 Å². The van der Waals surface area contributed by atoms with Crippen LogP contribution in [-0.2, 0) is 14.3 Å². The topological polar surface area (TPSA) is 50.8 Å². The lowest BCUT2D eigenvalue weighted by Gasteiger charge is -2.37. The van der Waals surface area contributed by atoms with Gasteiger partial charge >= 0.3 is 0 Å². The van der Waals surface area contributed by atoms with Gasteiger partial charge in [-0.3, -0.25) is 4.79 Å². The van der Waals surface area contributed by atoms with Gasteiger partial charge in [-0.05, 0) is 31.0 Å². The van der Waals surface area contributed by atoms with Crippen molar-refractivity contribution in [3.05, 3.63) is 29.3 Å². The van der Waals surface area contributed by atoms with E-state index < -0.39 is 5.79 Å². The number of nitrogens with zero attached hydrogens (tertiary/aromatic N) is 1. The number of carbonyl (C=O) groups is 1. The third-order valence-corrected chi connectivity index (χ3v) is 4.95. The average molecular weight is 318 g/mol. The largest absolute Gasteiger partial charge is 0.384 e. The number of hydrogen-bond acceptors (Lipinski definition) is 4. The molecule has 5 heteroatoms. The van der Waals surface area contributed by atoms with Gasteiger partial charge in [-0.25, -0.2) is 0 Å². The molecular formula is C18H26N2O3. The van der Waals surface area contributed by atoms with Crippen molar-refractivity contribution in [2.45, 2.75) is 38.9 Å². The van der Waals surface area contributed by atoms with Crippen molar-refractivity contribution >= 4 is 11.6 Å². The van der Waals surface area contributed by atoms with Gasteiger partial charge in [0, 0.05) is 44.6 Å². The number of nitrogens with one attached hydrogen (secondary N) is 1. The second kappa shape index (κ2) is 6.89. The molecule has 2 aliphatic heterocycles. The van der Waals surface area contributed by atoms with Crippen LogP contribution in [0.25, 0.3) is 0 Å². The minimum Gasteiger partial charge on any atom is -0.384 e. The molecule has 2 saturated heterocycles. The van der Waals surface area contributed by atoms with Crippen LogP contribution in [0.2, 0.25) is 0 Å². The Morgan fingerprint density at radius 1 is 1.22 bits per heavy atom. The molecule has 126 valence electrons. The normalized spacial score (nSPS) is 20.0. The Hall–Kier alpha value is -1.59. The molecule has 1 spiro atoms. The zero-order valence-corrected chi connectivity index (χ0v) is 14.1. The van der Waals surface area contributed by atoms with Crippen LogP contribution in [0.15, 0.2) is 18.2 Å². The van der Waals surface area contributed by atoms with E-state index in [1.165, 1.54) is 11.1 Å². The summed E-state index contributed by atoms with van der Waals surface area (Å²) in [6.45, 7) is 7.66. The van der Waals surface area contributed by atoms with E-state index in [-0.39, 0.29) is 5.91 Å². The molecule has 2 aliphatic rings. The Kier molecular flexibility index (Phi) is 4.87. The van der Waals surface area contributed by atoms with Crippen LogP contribution >= 0.6 is 0 Å². The van der Waals surface area contributed by atoms with Crippen LogP contribution < -0.4 is 5.32 Å². The van der Waals surface area contributed by atoms with Gasteiger partial charge < -0.3 is 19.7 Å². The lowest BCUT2D eigenvalue weighted by atomic mass is 10.0. The molecule has 5 nitrogen and oxygen atoms in total. The first kappa shape index (κ1) is 16.3. The van der Waals surface area contributed by atoms with Crippen molar-refractivity contribution in [3.63, 3.8) is 0 Å². The van der Waals surface area contributed by atoms with Gasteiger partial charge in [0.05, 0.1) is 13.2 Å². The highest BCUT2D eigenvalue weighted by Crippen LogP contribution is 2.31. The number of benzene rings is 1. The standard InChI is InChI=1S/C18H26N2O3/c1-14-4-3-5-16(15(14)2)19-9-6-17(21)20-10-7-18(8-11-20)22-12-13-23-18/h3-5,19H,6-13H2,1-2H3. The number of piperidine rings is 1. The van der Waals surface area contributed by atoms with E-state index in [2.05, 4.69) is 31.3 Å². The quantitative estimate of drug-likeness (QED) is 0.926. The molecule has 1 amide bonds. The van der Waals surface area contributed by atoms with Gasteiger partial charge in [0.15, 0.2) is 5.79 Å². The highest BCUT2D eigenvalue weighted by atomic mass is 16.7. The first-order valence-corrected chi connectivity index (χ1v) is 8.45. The Balaban J connectivity index is 1.44. The lowest BCUT2D eigenvalue weighted by Crippen LogP contribution is -2.47. The van der Waals surface area contributed by atoms with Crippen LogP contribution in [0.5, 0.6) is 0 Å².